The highest BCUT2D eigenvalue weighted by molar-refractivity contribution is 5.59. The summed E-state index contributed by atoms with van der Waals surface area (Å²) in [5.74, 6) is -1.79. The van der Waals surface area contributed by atoms with Gasteiger partial charge >= 0.3 is 6.18 Å². The molecule has 0 N–H and O–H groups in total. The van der Waals surface area contributed by atoms with Crippen LogP contribution in [0.1, 0.15) is 32.0 Å². The van der Waals surface area contributed by atoms with E-state index in [0.29, 0.717) is 17.9 Å². The summed E-state index contributed by atoms with van der Waals surface area (Å²) in [4.78, 5) is 7.76. The Balaban J connectivity index is 1.65. The lowest BCUT2D eigenvalue weighted by Crippen LogP contribution is -2.31. The van der Waals surface area contributed by atoms with Crippen LogP contribution in [0, 0.1) is 5.82 Å². The molecule has 0 aliphatic heterocycles. The summed E-state index contributed by atoms with van der Waals surface area (Å²) < 4.78 is 72.0. The van der Waals surface area contributed by atoms with E-state index in [0.717, 1.165) is 19.2 Å². The molecule has 0 amide bonds. The van der Waals surface area contributed by atoms with E-state index in [2.05, 4.69) is 24.9 Å². The molecule has 0 saturated heterocycles. The maximum atomic E-state index is 14.2. The van der Waals surface area contributed by atoms with Crippen LogP contribution in [0.2, 0.25) is 0 Å². The fraction of sp³-hybridized carbons (Fsp3) is 0.412. The molecule has 4 rings (SSSR count). The van der Waals surface area contributed by atoms with Crippen molar-refractivity contribution in [1.29, 1.82) is 0 Å². The van der Waals surface area contributed by atoms with Crippen LogP contribution in [0.4, 0.5) is 22.0 Å². The highest BCUT2D eigenvalue weighted by Gasteiger charge is 2.54. The Morgan fingerprint density at radius 1 is 1.25 bits per heavy atom. The van der Waals surface area contributed by atoms with Crippen LogP contribution in [0.15, 0.2) is 24.7 Å². The second-order valence-electron chi connectivity index (χ2n) is 6.91. The minimum Gasteiger partial charge on any atom is -0.463 e. The first-order valence-corrected chi connectivity index (χ1v) is 8.35. The number of pyridine rings is 1. The number of aromatic nitrogens is 5. The van der Waals surface area contributed by atoms with Crippen molar-refractivity contribution in [3.05, 3.63) is 36.3 Å². The van der Waals surface area contributed by atoms with Gasteiger partial charge in [-0.2, -0.15) is 13.2 Å². The highest BCUT2D eigenvalue weighted by atomic mass is 19.4. The topological polar surface area (TPSA) is 65.2 Å². The molecule has 28 heavy (non-hydrogen) atoms. The zero-order valence-corrected chi connectivity index (χ0v) is 14.7. The lowest BCUT2D eigenvalue weighted by Gasteiger charge is -2.17. The first-order chi connectivity index (χ1) is 13.1. The largest absolute Gasteiger partial charge is 0.463 e. The van der Waals surface area contributed by atoms with Gasteiger partial charge in [-0.15, -0.1) is 10.2 Å². The maximum Gasteiger partial charge on any atom is 0.425 e. The molecule has 3 atom stereocenters. The van der Waals surface area contributed by atoms with E-state index < -0.39 is 35.6 Å². The number of hydrogen-bond acceptors (Lipinski definition) is 5. The molecule has 6 nitrogen and oxygen atoms in total. The van der Waals surface area contributed by atoms with Gasteiger partial charge in [-0.05, 0) is 26.3 Å². The first-order valence-electron chi connectivity index (χ1n) is 8.35. The molecular weight excluding hydrogens is 385 g/mol. The van der Waals surface area contributed by atoms with Gasteiger partial charge in [0.15, 0.2) is 17.6 Å². The standard InChI is InChI=1S/C17H14F5N5O/c1-8(17(20,21)22)28-15-11(18)3-9(5-24-15)12-7-27-13(6-23-12)25-26-14(27)10-4-16(10,2)19/h3,5-8,10H,4H2,1-2H3/t8-,10+,16?/m1/s1. The summed E-state index contributed by atoms with van der Waals surface area (Å²) in [7, 11) is 0. The molecule has 11 heteroatoms. The van der Waals surface area contributed by atoms with Gasteiger partial charge in [0.2, 0.25) is 0 Å². The van der Waals surface area contributed by atoms with Gasteiger partial charge < -0.3 is 4.74 Å². The van der Waals surface area contributed by atoms with Gasteiger partial charge in [-0.1, -0.05) is 0 Å². The molecule has 1 saturated carbocycles. The van der Waals surface area contributed by atoms with Crippen molar-refractivity contribution in [2.24, 2.45) is 0 Å². The van der Waals surface area contributed by atoms with E-state index in [-0.39, 0.29) is 11.3 Å². The molecule has 1 aliphatic carbocycles. The van der Waals surface area contributed by atoms with Gasteiger partial charge in [0.1, 0.15) is 11.5 Å². The summed E-state index contributed by atoms with van der Waals surface area (Å²) in [6.07, 6.45) is -2.48. The van der Waals surface area contributed by atoms with Gasteiger partial charge in [-0.3, -0.25) is 9.38 Å². The number of halogens is 5. The van der Waals surface area contributed by atoms with E-state index >= 15 is 0 Å². The van der Waals surface area contributed by atoms with Gasteiger partial charge in [0.25, 0.3) is 5.88 Å². The molecule has 3 heterocycles. The van der Waals surface area contributed by atoms with Crippen molar-refractivity contribution in [2.45, 2.75) is 44.1 Å². The molecule has 1 aliphatic rings. The normalized spacial score (nSPS) is 23.0. The lowest BCUT2D eigenvalue weighted by molar-refractivity contribution is -0.190. The average Bonchev–Trinajstić information content (AvgIpc) is 3.06. The van der Waals surface area contributed by atoms with Crippen LogP contribution in [-0.2, 0) is 0 Å². The molecule has 0 bridgehead atoms. The van der Waals surface area contributed by atoms with Crippen LogP contribution in [0.3, 0.4) is 0 Å². The first kappa shape index (κ1) is 18.5. The van der Waals surface area contributed by atoms with Crippen LogP contribution in [0.25, 0.3) is 16.9 Å². The van der Waals surface area contributed by atoms with Crippen molar-refractivity contribution in [3.63, 3.8) is 0 Å². The number of rotatable bonds is 4. The van der Waals surface area contributed by atoms with Crippen molar-refractivity contribution >= 4 is 5.65 Å². The van der Waals surface area contributed by atoms with E-state index in [4.69, 9.17) is 0 Å². The van der Waals surface area contributed by atoms with Crippen LogP contribution in [-0.4, -0.2) is 42.5 Å². The second-order valence-corrected chi connectivity index (χ2v) is 6.91. The van der Waals surface area contributed by atoms with Gasteiger partial charge in [0.05, 0.1) is 17.8 Å². The lowest BCUT2D eigenvalue weighted by atomic mass is 10.2. The SMILES string of the molecule is C[C@@H](Oc1ncc(-c2cn3c([C@@H]4CC4(C)F)nnc3cn2)cc1F)C(F)(F)F. The van der Waals surface area contributed by atoms with E-state index in [1.54, 1.807) is 4.40 Å². The van der Waals surface area contributed by atoms with Crippen molar-refractivity contribution < 1.29 is 26.7 Å². The molecule has 3 aromatic heterocycles. The van der Waals surface area contributed by atoms with Gasteiger partial charge in [-0.25, -0.2) is 13.8 Å². The predicted molar refractivity (Wildman–Crippen MR) is 87.0 cm³/mol. The monoisotopic (exact) mass is 399 g/mol. The summed E-state index contributed by atoms with van der Waals surface area (Å²) in [6.45, 7) is 2.23. The highest BCUT2D eigenvalue weighted by Crippen LogP contribution is 2.53. The zero-order valence-electron chi connectivity index (χ0n) is 14.7. The quantitative estimate of drug-likeness (QED) is 0.623. The fourth-order valence-electron chi connectivity index (χ4n) is 2.79. The van der Waals surface area contributed by atoms with Crippen LogP contribution in [0.5, 0.6) is 5.88 Å². The summed E-state index contributed by atoms with van der Waals surface area (Å²) in [6, 6.07) is 0.972. The third-order valence-corrected chi connectivity index (χ3v) is 4.65. The second kappa shape index (κ2) is 6.08. The number of hydrogen-bond donors (Lipinski definition) is 0. The molecule has 1 unspecified atom stereocenters. The Bertz CT molecular complexity index is 1050. The Morgan fingerprint density at radius 2 is 1.96 bits per heavy atom. The average molecular weight is 399 g/mol. The minimum absolute atomic E-state index is 0.213. The number of alkyl halides is 4. The summed E-state index contributed by atoms with van der Waals surface area (Å²) in [5.41, 5.74) is -0.468. The van der Waals surface area contributed by atoms with Crippen LogP contribution < -0.4 is 4.74 Å². The molecule has 148 valence electrons. The Labute approximate surface area is 155 Å². The zero-order chi connectivity index (χ0) is 20.3. The number of ether oxygens (including phenoxy) is 1. The Kier molecular flexibility index (Phi) is 4.02. The third-order valence-electron chi connectivity index (χ3n) is 4.65. The Morgan fingerprint density at radius 3 is 2.57 bits per heavy atom. The van der Waals surface area contributed by atoms with E-state index in [9.17, 15) is 22.0 Å². The number of nitrogens with zero attached hydrogens (tertiary/aromatic N) is 5. The summed E-state index contributed by atoms with van der Waals surface area (Å²) >= 11 is 0. The van der Waals surface area contributed by atoms with Crippen molar-refractivity contribution in [2.75, 3.05) is 0 Å². The van der Waals surface area contributed by atoms with Gasteiger partial charge in [0, 0.05) is 18.0 Å². The van der Waals surface area contributed by atoms with E-state index in [1.807, 2.05) is 0 Å². The predicted octanol–water partition coefficient (Wildman–Crippen LogP) is 3.87. The maximum absolute atomic E-state index is 14.2. The minimum atomic E-state index is -4.64. The van der Waals surface area contributed by atoms with Crippen molar-refractivity contribution in [3.8, 4) is 17.1 Å². The molecule has 0 radical (unpaired) electrons. The molecule has 1 fully saturated rings. The van der Waals surface area contributed by atoms with E-state index in [1.165, 1.54) is 19.3 Å². The molecule has 0 spiro atoms. The summed E-state index contributed by atoms with van der Waals surface area (Å²) in [5, 5.41) is 7.93. The smallest absolute Gasteiger partial charge is 0.425 e. The molecule has 0 aromatic carbocycles. The van der Waals surface area contributed by atoms with Crippen LogP contribution >= 0.6 is 0 Å². The number of fused-ring (bicyclic) bond motifs is 1. The molecule has 3 aromatic rings. The van der Waals surface area contributed by atoms with Crippen molar-refractivity contribution in [1.82, 2.24) is 24.6 Å². The fourth-order valence-corrected chi connectivity index (χ4v) is 2.79. The third kappa shape index (κ3) is 3.25. The Hall–Kier alpha value is -2.85. The molecular formula is C17H14F5N5O.